The lowest BCUT2D eigenvalue weighted by Crippen LogP contribution is -2.15. The zero-order valence-electron chi connectivity index (χ0n) is 12.0. The highest BCUT2D eigenvalue weighted by Gasteiger charge is 2.40. The number of nitrogens with two attached hydrogens (primary N) is 1. The van der Waals surface area contributed by atoms with Crippen molar-refractivity contribution in [1.29, 1.82) is 0 Å². The minimum Gasteiger partial charge on any atom is -0.401 e. The lowest BCUT2D eigenvalue weighted by molar-refractivity contribution is 0.796. The van der Waals surface area contributed by atoms with E-state index in [-0.39, 0.29) is 0 Å². The number of rotatable bonds is 2. The molecule has 0 saturated heterocycles. The second kappa shape index (κ2) is 4.43. The molecule has 2 N–H and O–H groups in total. The molecular formula is C18H21N. The molecule has 3 aliphatic rings. The van der Waals surface area contributed by atoms with E-state index in [9.17, 15) is 0 Å². The van der Waals surface area contributed by atoms with Crippen LogP contribution in [0.2, 0.25) is 0 Å². The molecule has 0 aliphatic heterocycles. The Morgan fingerprint density at radius 3 is 2.89 bits per heavy atom. The average Bonchev–Trinajstić information content (AvgIpc) is 3.12. The second-order valence-corrected chi connectivity index (χ2v) is 5.77. The maximum atomic E-state index is 6.38. The van der Waals surface area contributed by atoms with Crippen LogP contribution in [0.3, 0.4) is 0 Å². The first-order chi connectivity index (χ1) is 9.11. The van der Waals surface area contributed by atoms with E-state index < -0.39 is 0 Å². The van der Waals surface area contributed by atoms with Gasteiger partial charge in [-0.05, 0) is 49.5 Å². The highest BCUT2D eigenvalue weighted by atomic mass is 14.7. The third-order valence-corrected chi connectivity index (χ3v) is 4.48. The summed E-state index contributed by atoms with van der Waals surface area (Å²) in [5.41, 5.74) is 17.7. The van der Waals surface area contributed by atoms with Gasteiger partial charge in [0.05, 0.1) is 0 Å². The van der Waals surface area contributed by atoms with E-state index in [1.807, 2.05) is 0 Å². The van der Waals surface area contributed by atoms with E-state index in [0.717, 1.165) is 18.5 Å². The second-order valence-electron chi connectivity index (χ2n) is 5.77. The van der Waals surface area contributed by atoms with Crippen LogP contribution in [0, 0.1) is 11.8 Å². The first-order valence-corrected chi connectivity index (χ1v) is 7.11. The average molecular weight is 251 g/mol. The molecule has 0 fully saturated rings. The normalized spacial score (nSPS) is 26.8. The SMILES string of the molecule is CC1=CC(C(C)C2=C=CCCC=C2)=C(N)C2C(C)=C12. The molecule has 0 aromatic rings. The van der Waals surface area contributed by atoms with Crippen LogP contribution in [0.25, 0.3) is 0 Å². The fourth-order valence-corrected chi connectivity index (χ4v) is 3.26. The van der Waals surface area contributed by atoms with Gasteiger partial charge in [-0.2, -0.15) is 0 Å². The first kappa shape index (κ1) is 12.3. The highest BCUT2D eigenvalue weighted by molar-refractivity contribution is 5.64. The topological polar surface area (TPSA) is 26.0 Å². The van der Waals surface area contributed by atoms with E-state index in [1.165, 1.54) is 27.9 Å². The number of allylic oxidation sites excluding steroid dienone is 7. The summed E-state index contributed by atoms with van der Waals surface area (Å²) >= 11 is 0. The molecule has 1 heteroatoms. The van der Waals surface area contributed by atoms with Gasteiger partial charge in [0.2, 0.25) is 0 Å². The van der Waals surface area contributed by atoms with Gasteiger partial charge in [0.25, 0.3) is 0 Å². The molecule has 0 saturated carbocycles. The molecule has 0 aromatic heterocycles. The van der Waals surface area contributed by atoms with Crippen molar-refractivity contribution in [2.75, 3.05) is 0 Å². The molecule has 0 amide bonds. The standard InChI is InChI=1S/C18H21N/c1-11-10-15(18(19)17-13(3)16(11)17)12(2)14-8-6-4-5-7-9-14/h6-8,10,12,17H,4-5,19H2,1-3H3. The third kappa shape index (κ3) is 1.95. The van der Waals surface area contributed by atoms with Gasteiger partial charge in [-0.25, -0.2) is 0 Å². The monoisotopic (exact) mass is 251 g/mol. The molecule has 2 atom stereocenters. The van der Waals surface area contributed by atoms with Crippen LogP contribution in [-0.4, -0.2) is 0 Å². The van der Waals surface area contributed by atoms with Gasteiger partial charge in [0, 0.05) is 23.1 Å². The van der Waals surface area contributed by atoms with E-state index in [0.29, 0.717) is 11.8 Å². The van der Waals surface area contributed by atoms with E-state index in [4.69, 9.17) is 5.73 Å². The molecule has 0 aromatic carbocycles. The minimum absolute atomic E-state index is 0.329. The Morgan fingerprint density at radius 2 is 2.11 bits per heavy atom. The summed E-state index contributed by atoms with van der Waals surface area (Å²) in [6.07, 6.45) is 11.1. The van der Waals surface area contributed by atoms with Crippen molar-refractivity contribution < 1.29 is 0 Å². The van der Waals surface area contributed by atoms with Gasteiger partial charge < -0.3 is 5.73 Å². The number of fused-ring (bicyclic) bond motifs is 1. The minimum atomic E-state index is 0.329. The Morgan fingerprint density at radius 1 is 1.32 bits per heavy atom. The van der Waals surface area contributed by atoms with Crippen LogP contribution in [0.4, 0.5) is 0 Å². The molecular weight excluding hydrogens is 230 g/mol. The van der Waals surface area contributed by atoms with Crippen LogP contribution >= 0.6 is 0 Å². The van der Waals surface area contributed by atoms with Crippen molar-refractivity contribution in [3.8, 4) is 0 Å². The zero-order valence-corrected chi connectivity index (χ0v) is 12.0. The summed E-state index contributed by atoms with van der Waals surface area (Å²) in [7, 11) is 0. The van der Waals surface area contributed by atoms with Crippen LogP contribution < -0.4 is 5.73 Å². The molecule has 98 valence electrons. The molecule has 0 heterocycles. The lowest BCUT2D eigenvalue weighted by atomic mass is 9.85. The van der Waals surface area contributed by atoms with Crippen LogP contribution in [0.15, 0.2) is 63.6 Å². The van der Waals surface area contributed by atoms with Gasteiger partial charge in [0.15, 0.2) is 0 Å². The van der Waals surface area contributed by atoms with Crippen LogP contribution in [-0.2, 0) is 0 Å². The summed E-state index contributed by atoms with van der Waals surface area (Å²) in [5, 5.41) is 0. The van der Waals surface area contributed by atoms with Gasteiger partial charge in [-0.3, -0.25) is 0 Å². The van der Waals surface area contributed by atoms with E-state index >= 15 is 0 Å². The van der Waals surface area contributed by atoms with Crippen molar-refractivity contribution in [3.63, 3.8) is 0 Å². The van der Waals surface area contributed by atoms with Crippen molar-refractivity contribution in [3.05, 3.63) is 63.6 Å². The summed E-state index contributed by atoms with van der Waals surface area (Å²) < 4.78 is 0. The Bertz CT molecular complexity index is 616. The van der Waals surface area contributed by atoms with Crippen molar-refractivity contribution in [1.82, 2.24) is 0 Å². The number of hydrogen-bond acceptors (Lipinski definition) is 1. The Hall–Kier alpha value is -1.72. The first-order valence-electron chi connectivity index (χ1n) is 7.11. The Labute approximate surface area is 115 Å². The molecule has 3 rings (SSSR count). The van der Waals surface area contributed by atoms with Crippen molar-refractivity contribution >= 4 is 0 Å². The molecule has 19 heavy (non-hydrogen) atoms. The summed E-state index contributed by atoms with van der Waals surface area (Å²) in [6.45, 7) is 6.63. The smallest absolute Gasteiger partial charge is 0.0453 e. The number of hydrogen-bond donors (Lipinski definition) is 1. The summed E-state index contributed by atoms with van der Waals surface area (Å²) in [6, 6.07) is 0. The molecule has 3 aliphatic carbocycles. The summed E-state index contributed by atoms with van der Waals surface area (Å²) in [5.74, 6) is 0.761. The third-order valence-electron chi connectivity index (χ3n) is 4.48. The molecule has 0 spiro atoms. The molecule has 1 nitrogen and oxygen atoms in total. The molecule has 0 bridgehead atoms. The fourth-order valence-electron chi connectivity index (χ4n) is 3.26. The Kier molecular flexibility index (Phi) is 2.88. The molecule has 2 unspecified atom stereocenters. The lowest BCUT2D eigenvalue weighted by Gasteiger charge is -2.21. The van der Waals surface area contributed by atoms with Crippen molar-refractivity contribution in [2.24, 2.45) is 17.6 Å². The fraction of sp³-hybridized carbons (Fsp3) is 0.389. The highest BCUT2D eigenvalue weighted by Crippen LogP contribution is 2.51. The maximum Gasteiger partial charge on any atom is 0.0453 e. The van der Waals surface area contributed by atoms with E-state index in [2.05, 4.69) is 50.8 Å². The largest absolute Gasteiger partial charge is 0.401 e. The predicted molar refractivity (Wildman–Crippen MR) is 80.3 cm³/mol. The van der Waals surface area contributed by atoms with Gasteiger partial charge in [-0.15, -0.1) is 5.73 Å². The van der Waals surface area contributed by atoms with E-state index in [1.54, 1.807) is 0 Å². The Balaban J connectivity index is 1.97. The summed E-state index contributed by atoms with van der Waals surface area (Å²) in [4.78, 5) is 0. The zero-order chi connectivity index (χ0) is 13.6. The van der Waals surface area contributed by atoms with Gasteiger partial charge in [0.1, 0.15) is 0 Å². The maximum absolute atomic E-state index is 6.38. The van der Waals surface area contributed by atoms with Crippen LogP contribution in [0.5, 0.6) is 0 Å². The van der Waals surface area contributed by atoms with Crippen LogP contribution in [0.1, 0.15) is 33.6 Å². The van der Waals surface area contributed by atoms with Crippen molar-refractivity contribution in [2.45, 2.75) is 33.6 Å². The quantitative estimate of drug-likeness (QED) is 0.732. The van der Waals surface area contributed by atoms with Gasteiger partial charge >= 0.3 is 0 Å². The molecule has 0 radical (unpaired) electrons. The predicted octanol–water partition coefficient (Wildman–Crippen LogP) is 4.17. The van der Waals surface area contributed by atoms with Gasteiger partial charge in [-0.1, -0.05) is 30.7 Å².